The highest BCUT2D eigenvalue weighted by atomic mass is 28.4. The minimum absolute atomic E-state index is 0.106. The third-order valence-corrected chi connectivity index (χ3v) is 9.14. The van der Waals surface area contributed by atoms with E-state index in [0.717, 1.165) is 5.69 Å². The molecule has 0 saturated heterocycles. The molecule has 0 aromatic carbocycles. The van der Waals surface area contributed by atoms with Gasteiger partial charge in [-0.1, -0.05) is 26.8 Å². The molecule has 0 aliphatic rings. The molecule has 0 spiro atoms. The molecule has 1 aromatic rings. The Morgan fingerprint density at radius 3 is 2.48 bits per heavy atom. The van der Waals surface area contributed by atoms with Gasteiger partial charge in [-0.25, -0.2) is 5.06 Å². The fraction of sp³-hybridized carbons (Fsp3) is 0.647. The zero-order valence-corrected chi connectivity index (χ0v) is 16.4. The number of carbonyl (C=O) groups excluding carboxylic acids is 1. The molecule has 0 fully saturated rings. The van der Waals surface area contributed by atoms with Gasteiger partial charge in [0.1, 0.15) is 0 Å². The second-order valence-corrected chi connectivity index (χ2v) is 12.0. The number of nitrogens with zero attached hydrogens (tertiary/aromatic N) is 2. The number of rotatable bonds is 7. The molecule has 0 saturated carbocycles. The topological polar surface area (TPSA) is 51.7 Å². The van der Waals surface area contributed by atoms with Crippen LogP contribution in [0.1, 0.15) is 38.8 Å². The lowest BCUT2D eigenvalue weighted by Gasteiger charge is -2.36. The number of likely N-dealkylation sites (N-methyl/N-ethyl adjacent to an activating group) is 1. The summed E-state index contributed by atoms with van der Waals surface area (Å²) >= 11 is 0. The van der Waals surface area contributed by atoms with E-state index in [9.17, 15) is 4.79 Å². The van der Waals surface area contributed by atoms with Crippen molar-refractivity contribution in [1.29, 1.82) is 0 Å². The predicted molar refractivity (Wildman–Crippen MR) is 94.5 cm³/mol. The quantitative estimate of drug-likeness (QED) is 0.563. The van der Waals surface area contributed by atoms with Crippen LogP contribution >= 0.6 is 0 Å². The van der Waals surface area contributed by atoms with Gasteiger partial charge < -0.3 is 4.43 Å². The molecule has 0 bridgehead atoms. The van der Waals surface area contributed by atoms with Crippen molar-refractivity contribution < 1.29 is 14.1 Å². The lowest BCUT2D eigenvalue weighted by molar-refractivity contribution is -0.170. The van der Waals surface area contributed by atoms with Crippen molar-refractivity contribution in [2.75, 3.05) is 20.8 Å². The second-order valence-electron chi connectivity index (χ2n) is 7.22. The van der Waals surface area contributed by atoms with Crippen molar-refractivity contribution >= 4 is 14.2 Å². The van der Waals surface area contributed by atoms with Crippen LogP contribution in [-0.4, -0.2) is 45.0 Å². The maximum absolute atomic E-state index is 12.5. The second kappa shape index (κ2) is 8.03. The predicted octanol–water partition coefficient (Wildman–Crippen LogP) is 3.60. The molecule has 130 valence electrons. The summed E-state index contributed by atoms with van der Waals surface area (Å²) in [6.45, 7) is 11.6. The van der Waals surface area contributed by atoms with Gasteiger partial charge in [0.25, 0.3) is 5.91 Å². The van der Waals surface area contributed by atoms with Gasteiger partial charge in [-0.3, -0.25) is 14.6 Å². The highest BCUT2D eigenvalue weighted by molar-refractivity contribution is 6.74. The fourth-order valence-corrected chi connectivity index (χ4v) is 3.00. The van der Waals surface area contributed by atoms with Crippen molar-refractivity contribution in [1.82, 2.24) is 10.0 Å². The minimum Gasteiger partial charge on any atom is -0.417 e. The summed E-state index contributed by atoms with van der Waals surface area (Å²) < 4.78 is 6.21. The molecule has 0 aliphatic heterocycles. The smallest absolute Gasteiger partial charge is 0.255 e. The number of hydrogen-bond donors (Lipinski definition) is 0. The Labute approximate surface area is 141 Å². The normalized spacial score (nSPS) is 13.7. The molecule has 0 aliphatic carbocycles. The van der Waals surface area contributed by atoms with Crippen LogP contribution in [0.4, 0.5) is 0 Å². The third kappa shape index (κ3) is 5.41. The molecule has 23 heavy (non-hydrogen) atoms. The molecule has 1 atom stereocenters. The summed E-state index contributed by atoms with van der Waals surface area (Å²) in [5.74, 6) is -0.462. The van der Waals surface area contributed by atoms with Gasteiger partial charge in [0, 0.05) is 19.9 Å². The van der Waals surface area contributed by atoms with Gasteiger partial charge in [-0.2, -0.15) is 0 Å². The van der Waals surface area contributed by atoms with Crippen LogP contribution in [0.25, 0.3) is 0 Å². The van der Waals surface area contributed by atoms with E-state index in [2.05, 4.69) is 38.8 Å². The Balaban J connectivity index is 2.81. The van der Waals surface area contributed by atoms with Crippen LogP contribution < -0.4 is 0 Å². The van der Waals surface area contributed by atoms with Gasteiger partial charge in [0.15, 0.2) is 8.32 Å². The summed E-state index contributed by atoms with van der Waals surface area (Å²) in [5, 5.41) is 1.41. The fourth-order valence-electron chi connectivity index (χ4n) is 1.94. The minimum atomic E-state index is -1.82. The average molecular weight is 339 g/mol. The molecular formula is C17H30N2O3Si. The zero-order valence-electron chi connectivity index (χ0n) is 15.4. The first-order chi connectivity index (χ1) is 10.6. The SMILES string of the molecule is CON(C)C(=O)C(CCO[Si](C)(C)C(C)(C)C)c1ccccn1. The molecule has 0 N–H and O–H groups in total. The number of carbonyl (C=O) groups is 1. The Morgan fingerprint density at radius 1 is 1.35 bits per heavy atom. The van der Waals surface area contributed by atoms with E-state index in [1.807, 2.05) is 18.2 Å². The highest BCUT2D eigenvalue weighted by Gasteiger charge is 2.37. The Morgan fingerprint density at radius 2 is 2.00 bits per heavy atom. The van der Waals surface area contributed by atoms with Crippen molar-refractivity contribution in [2.24, 2.45) is 0 Å². The molecule has 0 radical (unpaired) electrons. The highest BCUT2D eigenvalue weighted by Crippen LogP contribution is 2.37. The van der Waals surface area contributed by atoms with E-state index in [0.29, 0.717) is 13.0 Å². The monoisotopic (exact) mass is 338 g/mol. The van der Waals surface area contributed by atoms with E-state index >= 15 is 0 Å². The van der Waals surface area contributed by atoms with Gasteiger partial charge in [0.05, 0.1) is 18.7 Å². The summed E-state index contributed by atoms with van der Waals surface area (Å²) in [7, 11) is 1.28. The summed E-state index contributed by atoms with van der Waals surface area (Å²) in [4.78, 5) is 21.9. The number of hydrogen-bond acceptors (Lipinski definition) is 4. The number of amides is 1. The largest absolute Gasteiger partial charge is 0.417 e. The van der Waals surface area contributed by atoms with Crippen LogP contribution in [0.5, 0.6) is 0 Å². The lowest BCUT2D eigenvalue weighted by atomic mass is 10.00. The first kappa shape index (κ1) is 19.8. The van der Waals surface area contributed by atoms with Crippen LogP contribution in [0.2, 0.25) is 18.1 Å². The van der Waals surface area contributed by atoms with Crippen LogP contribution in [-0.2, 0) is 14.1 Å². The Bertz CT molecular complexity index is 500. The van der Waals surface area contributed by atoms with E-state index in [1.54, 1.807) is 13.2 Å². The lowest BCUT2D eigenvalue weighted by Crippen LogP contribution is -2.41. The molecule has 1 rings (SSSR count). The van der Waals surface area contributed by atoms with Crippen molar-refractivity contribution in [3.05, 3.63) is 30.1 Å². The zero-order chi connectivity index (χ0) is 17.7. The van der Waals surface area contributed by atoms with Crippen molar-refractivity contribution in [3.8, 4) is 0 Å². The van der Waals surface area contributed by atoms with E-state index in [-0.39, 0.29) is 16.9 Å². The van der Waals surface area contributed by atoms with Crippen LogP contribution in [0, 0.1) is 0 Å². The third-order valence-electron chi connectivity index (χ3n) is 4.60. The van der Waals surface area contributed by atoms with Crippen LogP contribution in [0.15, 0.2) is 24.4 Å². The van der Waals surface area contributed by atoms with E-state index < -0.39 is 8.32 Å². The molecule has 5 nitrogen and oxygen atoms in total. The molecule has 6 heteroatoms. The Kier molecular flexibility index (Phi) is 6.92. The van der Waals surface area contributed by atoms with Gasteiger partial charge >= 0.3 is 0 Å². The summed E-state index contributed by atoms with van der Waals surface area (Å²) in [6, 6.07) is 5.61. The van der Waals surface area contributed by atoms with E-state index in [1.165, 1.54) is 12.2 Å². The standard InChI is InChI=1S/C17H30N2O3Si/c1-17(2,3)23(6,7)22-13-11-14(16(20)19(4)21-5)15-10-8-9-12-18-15/h8-10,12,14H,11,13H2,1-7H3. The maximum Gasteiger partial charge on any atom is 0.255 e. The van der Waals surface area contributed by atoms with E-state index in [4.69, 9.17) is 9.26 Å². The Hall–Kier alpha value is -1.24. The summed E-state index contributed by atoms with van der Waals surface area (Å²) in [6.07, 6.45) is 2.30. The van der Waals surface area contributed by atoms with Crippen molar-refractivity contribution in [2.45, 2.75) is 51.2 Å². The first-order valence-electron chi connectivity index (χ1n) is 7.96. The van der Waals surface area contributed by atoms with Gasteiger partial charge in [0.2, 0.25) is 0 Å². The van der Waals surface area contributed by atoms with Gasteiger partial charge in [-0.05, 0) is 36.7 Å². The summed E-state index contributed by atoms with van der Waals surface area (Å²) in [5.41, 5.74) is 0.750. The first-order valence-corrected chi connectivity index (χ1v) is 10.9. The van der Waals surface area contributed by atoms with Crippen molar-refractivity contribution in [3.63, 3.8) is 0 Å². The molecule has 1 unspecified atom stereocenters. The number of aromatic nitrogens is 1. The number of hydroxylamine groups is 2. The molecule has 1 heterocycles. The maximum atomic E-state index is 12.5. The molecule has 1 aromatic heterocycles. The van der Waals surface area contributed by atoms with Crippen LogP contribution in [0.3, 0.4) is 0 Å². The molecular weight excluding hydrogens is 308 g/mol. The average Bonchev–Trinajstić information content (AvgIpc) is 2.49. The van der Waals surface area contributed by atoms with Gasteiger partial charge in [-0.15, -0.1) is 0 Å². The number of pyridine rings is 1. The molecule has 1 amide bonds.